The van der Waals surface area contributed by atoms with E-state index >= 15 is 0 Å². The van der Waals surface area contributed by atoms with Gasteiger partial charge in [0, 0.05) is 22.5 Å². The summed E-state index contributed by atoms with van der Waals surface area (Å²) in [7, 11) is 0. The molecule has 27 heavy (non-hydrogen) atoms. The quantitative estimate of drug-likeness (QED) is 0.506. The zero-order valence-corrected chi connectivity index (χ0v) is 15.7. The topological polar surface area (TPSA) is 57.0 Å². The van der Waals surface area contributed by atoms with Crippen LogP contribution in [-0.4, -0.2) is 27.3 Å². The molecule has 0 bridgehead atoms. The van der Waals surface area contributed by atoms with Crippen LogP contribution in [0.25, 0.3) is 33.1 Å². The molecule has 0 fully saturated rings. The van der Waals surface area contributed by atoms with Gasteiger partial charge in [0.2, 0.25) is 0 Å². The van der Waals surface area contributed by atoms with Crippen LogP contribution < -0.4 is 0 Å². The van der Waals surface area contributed by atoms with Gasteiger partial charge in [-0.2, -0.15) is 5.10 Å². The van der Waals surface area contributed by atoms with Crippen molar-refractivity contribution >= 4 is 27.8 Å². The van der Waals surface area contributed by atoms with E-state index in [-0.39, 0.29) is 12.5 Å². The summed E-state index contributed by atoms with van der Waals surface area (Å²) in [6, 6.07) is 14.3. The first-order valence-corrected chi connectivity index (χ1v) is 9.05. The predicted octanol–water partition coefficient (Wildman–Crippen LogP) is 4.43. The second-order valence-corrected chi connectivity index (χ2v) is 6.72. The molecule has 0 aliphatic rings. The van der Waals surface area contributed by atoms with Crippen molar-refractivity contribution in [1.82, 2.24) is 14.8 Å². The highest BCUT2D eigenvalue weighted by Crippen LogP contribution is 2.32. The molecular weight excluding hydrogens is 338 g/mol. The van der Waals surface area contributed by atoms with Crippen molar-refractivity contribution < 1.29 is 9.53 Å². The second-order valence-electron chi connectivity index (χ2n) is 6.72. The summed E-state index contributed by atoms with van der Waals surface area (Å²) >= 11 is 0. The number of ether oxygens (including phenoxy) is 1. The number of hydrogen-bond donors (Lipinski definition) is 0. The Labute approximate surface area is 157 Å². The number of nitrogens with zero attached hydrogens (tertiary/aromatic N) is 3. The Bertz CT molecular complexity index is 1140. The molecule has 5 heteroatoms. The van der Waals surface area contributed by atoms with Crippen molar-refractivity contribution in [2.75, 3.05) is 6.61 Å². The second kappa shape index (κ2) is 6.83. The van der Waals surface area contributed by atoms with E-state index in [1.807, 2.05) is 37.4 Å². The highest BCUT2D eigenvalue weighted by molar-refractivity contribution is 6.08. The molecule has 0 aliphatic carbocycles. The van der Waals surface area contributed by atoms with E-state index < -0.39 is 0 Å². The molecule has 4 rings (SSSR count). The molecule has 0 spiro atoms. The number of esters is 1. The lowest BCUT2D eigenvalue weighted by molar-refractivity contribution is -0.143. The molecule has 0 aliphatic heterocycles. The molecule has 0 radical (unpaired) electrons. The summed E-state index contributed by atoms with van der Waals surface area (Å²) in [5, 5.41) is 6.69. The van der Waals surface area contributed by atoms with Crippen LogP contribution in [0.2, 0.25) is 0 Å². The van der Waals surface area contributed by atoms with Gasteiger partial charge in [0.05, 0.1) is 17.6 Å². The summed E-state index contributed by atoms with van der Waals surface area (Å²) in [6.07, 6.45) is 1.84. The molecule has 2 aromatic heterocycles. The van der Waals surface area contributed by atoms with E-state index in [0.29, 0.717) is 6.61 Å². The number of pyridine rings is 1. The Balaban J connectivity index is 1.99. The first-order chi connectivity index (χ1) is 13.1. The first kappa shape index (κ1) is 17.2. The minimum atomic E-state index is -0.296. The van der Waals surface area contributed by atoms with Crippen molar-refractivity contribution in [2.24, 2.45) is 0 Å². The number of hydrogen-bond acceptors (Lipinski definition) is 4. The molecule has 5 nitrogen and oxygen atoms in total. The lowest BCUT2D eigenvalue weighted by Crippen LogP contribution is -2.14. The molecule has 0 saturated heterocycles. The van der Waals surface area contributed by atoms with Gasteiger partial charge in [0.1, 0.15) is 12.2 Å². The number of benzene rings is 2. The Morgan fingerprint density at radius 1 is 1.04 bits per heavy atom. The fourth-order valence-electron chi connectivity index (χ4n) is 3.34. The van der Waals surface area contributed by atoms with Crippen LogP contribution in [0.3, 0.4) is 0 Å². The molecule has 4 aromatic rings. The highest BCUT2D eigenvalue weighted by Gasteiger charge is 2.18. The molecule has 136 valence electrons. The van der Waals surface area contributed by atoms with Gasteiger partial charge in [-0.25, -0.2) is 0 Å². The van der Waals surface area contributed by atoms with E-state index in [2.05, 4.69) is 30.1 Å². The van der Waals surface area contributed by atoms with Crippen LogP contribution in [0, 0.1) is 13.8 Å². The third-order valence-corrected chi connectivity index (χ3v) is 4.64. The molecule has 0 amide bonds. The summed E-state index contributed by atoms with van der Waals surface area (Å²) in [5.74, 6) is -0.296. The number of fused-ring (bicyclic) bond motifs is 3. The van der Waals surface area contributed by atoms with Crippen molar-refractivity contribution in [1.29, 1.82) is 0 Å². The predicted molar refractivity (Wildman–Crippen MR) is 107 cm³/mol. The molecule has 0 N–H and O–H groups in total. The lowest BCUT2D eigenvalue weighted by atomic mass is 10.0. The van der Waals surface area contributed by atoms with Gasteiger partial charge in [-0.15, -0.1) is 0 Å². The van der Waals surface area contributed by atoms with Crippen LogP contribution in [0.15, 0.2) is 48.7 Å². The maximum Gasteiger partial charge on any atom is 0.327 e. The average Bonchev–Trinajstić information content (AvgIpc) is 3.01. The van der Waals surface area contributed by atoms with E-state index in [4.69, 9.17) is 9.84 Å². The van der Waals surface area contributed by atoms with Crippen molar-refractivity contribution in [2.45, 2.75) is 27.3 Å². The largest absolute Gasteiger partial charge is 0.465 e. The smallest absolute Gasteiger partial charge is 0.327 e. The molecule has 0 saturated carbocycles. The van der Waals surface area contributed by atoms with Gasteiger partial charge in [0.25, 0.3) is 0 Å². The summed E-state index contributed by atoms with van der Waals surface area (Å²) in [5.41, 5.74) is 5.94. The van der Waals surface area contributed by atoms with Gasteiger partial charge in [-0.3, -0.25) is 14.5 Å². The molecular formula is C22H21N3O2. The number of aromatic nitrogens is 3. The minimum Gasteiger partial charge on any atom is -0.465 e. The van der Waals surface area contributed by atoms with Gasteiger partial charge >= 0.3 is 5.97 Å². The van der Waals surface area contributed by atoms with Crippen LogP contribution in [0.4, 0.5) is 0 Å². The molecule has 0 unspecified atom stereocenters. The van der Waals surface area contributed by atoms with E-state index in [9.17, 15) is 4.79 Å². The van der Waals surface area contributed by atoms with Crippen molar-refractivity contribution in [3.63, 3.8) is 0 Å². The maximum absolute atomic E-state index is 12.2. The summed E-state index contributed by atoms with van der Waals surface area (Å²) in [6.45, 7) is 6.33. The van der Waals surface area contributed by atoms with Crippen LogP contribution in [0.1, 0.15) is 18.1 Å². The van der Waals surface area contributed by atoms with Crippen molar-refractivity contribution in [3.05, 3.63) is 59.8 Å². The van der Waals surface area contributed by atoms with Gasteiger partial charge in [0.15, 0.2) is 0 Å². The Morgan fingerprint density at radius 3 is 2.52 bits per heavy atom. The third-order valence-electron chi connectivity index (χ3n) is 4.64. The zero-order chi connectivity index (χ0) is 19.0. The Morgan fingerprint density at radius 2 is 1.78 bits per heavy atom. The number of carbonyl (C=O) groups is 1. The van der Waals surface area contributed by atoms with Crippen LogP contribution in [-0.2, 0) is 16.1 Å². The fraction of sp³-hybridized carbons (Fsp3) is 0.227. The monoisotopic (exact) mass is 359 g/mol. The highest BCUT2D eigenvalue weighted by atomic mass is 16.5. The van der Waals surface area contributed by atoms with Crippen LogP contribution in [0.5, 0.6) is 0 Å². The maximum atomic E-state index is 12.2. The molecule has 2 aromatic carbocycles. The van der Waals surface area contributed by atoms with E-state index in [0.717, 1.165) is 38.6 Å². The van der Waals surface area contributed by atoms with Gasteiger partial charge < -0.3 is 4.74 Å². The standard InChI is InChI=1S/C22H21N3O2/c1-4-27-20(26)13-25-22-17-11-15(3)7-10-19(17)23-12-18(22)21(24-25)16-8-5-14(2)6-9-16/h5-12H,4,13H2,1-3H3. The average molecular weight is 359 g/mol. The van der Waals surface area contributed by atoms with E-state index in [1.54, 1.807) is 11.6 Å². The Hall–Kier alpha value is -3.21. The number of rotatable bonds is 4. The van der Waals surface area contributed by atoms with Crippen molar-refractivity contribution in [3.8, 4) is 11.3 Å². The summed E-state index contributed by atoms with van der Waals surface area (Å²) < 4.78 is 6.89. The molecule has 0 atom stereocenters. The first-order valence-electron chi connectivity index (χ1n) is 9.05. The third kappa shape index (κ3) is 3.16. The number of carbonyl (C=O) groups excluding carboxylic acids is 1. The van der Waals surface area contributed by atoms with E-state index in [1.165, 1.54) is 5.56 Å². The normalized spacial score (nSPS) is 11.2. The minimum absolute atomic E-state index is 0.0727. The van der Waals surface area contributed by atoms with Gasteiger partial charge in [-0.05, 0) is 32.9 Å². The van der Waals surface area contributed by atoms with Crippen LogP contribution >= 0.6 is 0 Å². The number of aryl methyl sites for hydroxylation is 2. The SMILES string of the molecule is CCOC(=O)Cn1nc(-c2ccc(C)cc2)c2cnc3ccc(C)cc3c21. The fourth-order valence-corrected chi connectivity index (χ4v) is 3.34. The summed E-state index contributed by atoms with van der Waals surface area (Å²) in [4.78, 5) is 16.8. The zero-order valence-electron chi connectivity index (χ0n) is 15.7. The van der Waals surface area contributed by atoms with Gasteiger partial charge in [-0.1, -0.05) is 41.5 Å². The lowest BCUT2D eigenvalue weighted by Gasteiger charge is -2.06. The Kier molecular flexibility index (Phi) is 4.36. The molecule has 2 heterocycles.